The first-order valence-corrected chi connectivity index (χ1v) is 12.7. The summed E-state index contributed by atoms with van der Waals surface area (Å²) in [6.07, 6.45) is -15.9. The Hall–Kier alpha value is -0.523. The molecule has 38 heavy (non-hydrogen) atoms. The molecule has 0 spiro atoms. The van der Waals surface area contributed by atoms with Crippen molar-refractivity contribution >= 4 is 39.2 Å². The molecule has 0 bridgehead atoms. The van der Waals surface area contributed by atoms with Crippen molar-refractivity contribution in [3.8, 4) is 0 Å². The van der Waals surface area contributed by atoms with Gasteiger partial charge in [0.05, 0.1) is 0 Å². The van der Waals surface area contributed by atoms with Crippen LogP contribution < -0.4 is 0 Å². The third kappa shape index (κ3) is 4.35. The molecular formula is C11Cl3F23Si. The highest BCUT2D eigenvalue weighted by Gasteiger charge is 3.00. The number of halogens is 26. The van der Waals surface area contributed by atoms with E-state index in [9.17, 15) is 101 Å². The predicted molar refractivity (Wildman–Crippen MR) is 78.8 cm³/mol. The van der Waals surface area contributed by atoms with Crippen molar-refractivity contribution in [3.63, 3.8) is 0 Å². The van der Waals surface area contributed by atoms with Crippen LogP contribution in [0.1, 0.15) is 0 Å². The van der Waals surface area contributed by atoms with E-state index in [1.165, 1.54) is 0 Å². The van der Waals surface area contributed by atoms with E-state index in [1.54, 1.807) is 0 Å². The van der Waals surface area contributed by atoms with Crippen LogP contribution in [0.2, 0.25) is 0 Å². The number of rotatable bonds is 9. The van der Waals surface area contributed by atoms with Gasteiger partial charge in [-0.05, 0) is 0 Å². The molecule has 0 fully saturated rings. The Bertz CT molecular complexity index is 865. The van der Waals surface area contributed by atoms with Crippen molar-refractivity contribution in [2.24, 2.45) is 0 Å². The molecule has 0 aromatic heterocycles. The zero-order valence-electron chi connectivity index (χ0n) is 15.8. The lowest BCUT2D eigenvalue weighted by Gasteiger charge is -2.46. The molecule has 0 saturated heterocycles. The minimum Gasteiger partial charge on any atom is -0.226 e. The molecule has 0 aliphatic rings. The molecule has 0 amide bonds. The van der Waals surface area contributed by atoms with Crippen LogP contribution in [0.3, 0.4) is 0 Å². The molecule has 0 heterocycles. The van der Waals surface area contributed by atoms with E-state index in [-0.39, 0.29) is 0 Å². The molecule has 0 radical (unpaired) electrons. The van der Waals surface area contributed by atoms with Crippen molar-refractivity contribution in [1.82, 2.24) is 0 Å². The second-order valence-electron chi connectivity index (χ2n) is 6.75. The van der Waals surface area contributed by atoms with Gasteiger partial charge in [0.2, 0.25) is 0 Å². The molecule has 27 heteroatoms. The molecule has 0 aliphatic carbocycles. The molecule has 0 aromatic rings. The highest BCUT2D eigenvalue weighted by Crippen LogP contribution is 2.68. The monoisotopic (exact) mass is 702 g/mol. The second-order valence-corrected chi connectivity index (χ2v) is 15.3. The Morgan fingerprint density at radius 2 is 0.447 bits per heavy atom. The van der Waals surface area contributed by atoms with Crippen LogP contribution >= 0.6 is 33.2 Å². The van der Waals surface area contributed by atoms with Gasteiger partial charge in [-0.25, -0.2) is 4.39 Å². The number of alkyl halides is 23. The van der Waals surface area contributed by atoms with Gasteiger partial charge in [-0.3, -0.25) is 0 Å². The number of hydrogen-bond acceptors (Lipinski definition) is 0. The average Bonchev–Trinajstić information content (AvgIpc) is 2.63. The fraction of sp³-hybridized carbons (Fsp3) is 1.00. The van der Waals surface area contributed by atoms with Crippen LogP contribution in [-0.2, 0) is 0 Å². The van der Waals surface area contributed by atoms with E-state index in [4.69, 9.17) is 0 Å². The summed E-state index contributed by atoms with van der Waals surface area (Å²) < 4.78 is 302. The molecule has 1 unspecified atom stereocenters. The third-order valence-electron chi connectivity index (χ3n) is 4.33. The van der Waals surface area contributed by atoms with Gasteiger partial charge in [-0.1, -0.05) is 0 Å². The van der Waals surface area contributed by atoms with Crippen LogP contribution in [0, 0.1) is 0 Å². The predicted octanol–water partition coefficient (Wildman–Crippen LogP) is 9.10. The lowest BCUT2D eigenvalue weighted by atomic mass is 9.86. The van der Waals surface area contributed by atoms with Gasteiger partial charge in [0.25, 0.3) is 0 Å². The zero-order valence-corrected chi connectivity index (χ0v) is 19.1. The molecule has 0 N–H and O–H groups in total. The van der Waals surface area contributed by atoms with Crippen molar-refractivity contribution in [1.29, 1.82) is 0 Å². The minimum atomic E-state index is -9.44. The summed E-state index contributed by atoms with van der Waals surface area (Å²) in [7, 11) is 0. The normalized spacial score (nSPS) is 18.5. The maximum absolute atomic E-state index is 14.1. The Kier molecular flexibility index (Phi) is 8.86. The summed E-state index contributed by atoms with van der Waals surface area (Å²) in [4.78, 5) is 0. The molecule has 1 atom stereocenters. The molecular weight excluding hydrogens is 704 g/mol. The third-order valence-corrected chi connectivity index (χ3v) is 8.05. The van der Waals surface area contributed by atoms with Crippen molar-refractivity contribution < 1.29 is 101 Å². The molecule has 0 nitrogen and oxygen atoms in total. The van der Waals surface area contributed by atoms with Crippen molar-refractivity contribution in [3.05, 3.63) is 0 Å². The summed E-state index contributed by atoms with van der Waals surface area (Å²) in [5.41, 5.74) is 0. The fourth-order valence-corrected chi connectivity index (χ4v) is 4.96. The average molecular weight is 704 g/mol. The van der Waals surface area contributed by atoms with Crippen molar-refractivity contribution in [2.75, 3.05) is 0 Å². The first-order chi connectivity index (χ1) is 15.8. The van der Waals surface area contributed by atoms with E-state index in [2.05, 4.69) is 33.2 Å². The fourth-order valence-electron chi connectivity index (χ4n) is 2.09. The Labute approximate surface area is 206 Å². The summed E-state index contributed by atoms with van der Waals surface area (Å²) in [5.74, 6) is -73.0. The van der Waals surface area contributed by atoms with Crippen LogP contribution in [0.15, 0.2) is 0 Å². The first kappa shape index (κ1) is 37.5. The Morgan fingerprint density at radius 3 is 0.605 bits per heavy atom. The summed E-state index contributed by atoms with van der Waals surface area (Å²) in [6.45, 7) is 0. The van der Waals surface area contributed by atoms with Crippen LogP contribution in [0.25, 0.3) is 0 Å². The quantitative estimate of drug-likeness (QED) is 0.128. The van der Waals surface area contributed by atoms with Gasteiger partial charge < -0.3 is 0 Å². The Balaban J connectivity index is 7.44. The maximum Gasteiger partial charge on any atom is 0.460 e. The minimum absolute atomic E-state index is 4.17. The van der Waals surface area contributed by atoms with Gasteiger partial charge in [0.15, 0.2) is 0 Å². The van der Waals surface area contributed by atoms with Crippen molar-refractivity contribution in [2.45, 2.75) is 65.0 Å². The van der Waals surface area contributed by atoms with E-state index in [0.29, 0.717) is 0 Å². The first-order valence-electron chi connectivity index (χ1n) is 7.66. The van der Waals surface area contributed by atoms with E-state index < -0.39 is 71.0 Å². The van der Waals surface area contributed by atoms with E-state index in [1.807, 2.05) is 0 Å². The lowest BCUT2D eigenvalue weighted by molar-refractivity contribution is -0.473. The highest BCUT2D eigenvalue weighted by atomic mass is 35.8. The van der Waals surface area contributed by atoms with Crippen LogP contribution in [-0.4, -0.2) is 71.0 Å². The van der Waals surface area contributed by atoms with Gasteiger partial charge >= 0.3 is 71.0 Å². The second kappa shape index (κ2) is 8.99. The van der Waals surface area contributed by atoms with E-state index in [0.717, 1.165) is 0 Å². The van der Waals surface area contributed by atoms with Gasteiger partial charge in [0, 0.05) is 0 Å². The van der Waals surface area contributed by atoms with Gasteiger partial charge in [-0.15, -0.1) is 33.2 Å². The number of hydrogen-bond donors (Lipinski definition) is 0. The molecule has 0 saturated carbocycles. The SMILES string of the molecule is FC(F)(F)C(F)(F)C(F)(F)C(F)(F)C(F)(F)C(F)(F)C(F)(F)C(F)(F)C(F)(F)C(F)(C(F)(F)F)[Si](Cl)(Cl)Cl. The topological polar surface area (TPSA) is 0 Å². The molecule has 0 aliphatic heterocycles. The maximum atomic E-state index is 14.1. The summed E-state index contributed by atoms with van der Waals surface area (Å²) in [5, 5.41) is -7.72. The largest absolute Gasteiger partial charge is 0.460 e. The highest BCUT2D eigenvalue weighted by molar-refractivity contribution is 7.65. The molecule has 0 aromatic carbocycles. The van der Waals surface area contributed by atoms with Crippen LogP contribution in [0.4, 0.5) is 101 Å². The Morgan fingerprint density at radius 1 is 0.263 bits per heavy atom. The smallest absolute Gasteiger partial charge is 0.226 e. The molecule has 0 rings (SSSR count). The zero-order chi connectivity index (χ0) is 32.0. The van der Waals surface area contributed by atoms with Crippen LogP contribution in [0.5, 0.6) is 0 Å². The summed E-state index contributed by atoms with van der Waals surface area (Å²) >= 11 is 12.5. The summed E-state index contributed by atoms with van der Waals surface area (Å²) in [6, 6.07) is -7.45. The lowest BCUT2D eigenvalue weighted by Crippen LogP contribution is -2.79. The standard InChI is InChI=1S/C11Cl3F23Si/c12-38(13,14)9(31,11(35,36)37)7(27,28)5(23,24)3(19,20)1(15,16)2(17,18)4(21,22)6(25,26)8(29,30)10(32,33)34. The van der Waals surface area contributed by atoms with E-state index >= 15 is 0 Å². The van der Waals surface area contributed by atoms with Gasteiger partial charge in [0.1, 0.15) is 0 Å². The van der Waals surface area contributed by atoms with Gasteiger partial charge in [-0.2, -0.15) is 96.6 Å². The molecule has 230 valence electrons.